The van der Waals surface area contributed by atoms with Gasteiger partial charge in [0.25, 0.3) is 0 Å². The topological polar surface area (TPSA) is 61.0 Å². The quantitative estimate of drug-likeness (QED) is 0.888. The Balaban J connectivity index is 2.40. The monoisotopic (exact) mass is 249 g/mol. The number of nitrogens with zero attached hydrogens (tertiary/aromatic N) is 2. The molecule has 0 saturated carbocycles. The highest BCUT2D eigenvalue weighted by Gasteiger charge is 2.10. The van der Waals surface area contributed by atoms with Crippen molar-refractivity contribution < 1.29 is 4.74 Å². The Labute approximate surface area is 104 Å². The summed E-state index contributed by atoms with van der Waals surface area (Å²) in [5.41, 5.74) is 6.45. The zero-order chi connectivity index (χ0) is 12.4. The van der Waals surface area contributed by atoms with Gasteiger partial charge in [-0.1, -0.05) is 23.7 Å². The molecule has 0 aliphatic heterocycles. The Morgan fingerprint density at radius 3 is 2.59 bits per heavy atom. The minimum absolute atomic E-state index is 0.416. The van der Waals surface area contributed by atoms with Gasteiger partial charge in [0.1, 0.15) is 17.4 Å². The molecule has 88 valence electrons. The molecule has 5 heteroatoms. The van der Waals surface area contributed by atoms with E-state index in [0.717, 1.165) is 0 Å². The van der Waals surface area contributed by atoms with Gasteiger partial charge in [-0.05, 0) is 26.0 Å². The molecule has 0 aliphatic carbocycles. The Bertz CT molecular complexity index is 557. The summed E-state index contributed by atoms with van der Waals surface area (Å²) in [4.78, 5) is 8.25. The van der Waals surface area contributed by atoms with E-state index in [4.69, 9.17) is 22.1 Å². The molecule has 2 N–H and O–H groups in total. The summed E-state index contributed by atoms with van der Waals surface area (Å²) in [5.74, 6) is 1.97. The number of anilines is 1. The van der Waals surface area contributed by atoms with Crippen LogP contribution in [0.1, 0.15) is 11.4 Å². The van der Waals surface area contributed by atoms with E-state index in [9.17, 15) is 0 Å². The molecule has 0 radical (unpaired) electrons. The van der Waals surface area contributed by atoms with Crippen molar-refractivity contribution in [2.45, 2.75) is 13.8 Å². The van der Waals surface area contributed by atoms with Crippen LogP contribution in [-0.2, 0) is 0 Å². The smallest absolute Gasteiger partial charge is 0.227 e. The maximum atomic E-state index is 6.01. The lowest BCUT2D eigenvalue weighted by atomic mass is 10.3. The van der Waals surface area contributed by atoms with E-state index in [0.29, 0.717) is 33.9 Å². The number of ether oxygens (including phenoxy) is 1. The van der Waals surface area contributed by atoms with Gasteiger partial charge in [0.15, 0.2) is 0 Å². The molecular weight excluding hydrogens is 238 g/mol. The fourth-order valence-corrected chi connectivity index (χ4v) is 1.53. The zero-order valence-corrected chi connectivity index (χ0v) is 10.3. The third-order valence-corrected chi connectivity index (χ3v) is 2.61. The van der Waals surface area contributed by atoms with Gasteiger partial charge >= 0.3 is 0 Å². The molecule has 1 aromatic carbocycles. The van der Waals surface area contributed by atoms with E-state index in [1.807, 2.05) is 12.1 Å². The number of rotatable bonds is 2. The SMILES string of the molecule is Cc1nc(N)c(C)c(Oc2ccccc2Cl)n1. The highest BCUT2D eigenvalue weighted by atomic mass is 35.5. The van der Waals surface area contributed by atoms with Gasteiger partial charge in [-0.25, -0.2) is 4.98 Å². The van der Waals surface area contributed by atoms with Crippen molar-refractivity contribution in [2.24, 2.45) is 0 Å². The van der Waals surface area contributed by atoms with Gasteiger partial charge in [0.05, 0.1) is 10.6 Å². The van der Waals surface area contributed by atoms with Crippen molar-refractivity contribution in [3.05, 3.63) is 40.7 Å². The van der Waals surface area contributed by atoms with Gasteiger partial charge < -0.3 is 10.5 Å². The molecule has 4 nitrogen and oxygen atoms in total. The minimum Gasteiger partial charge on any atom is -0.437 e. The van der Waals surface area contributed by atoms with Crippen molar-refractivity contribution in [3.8, 4) is 11.6 Å². The first-order valence-electron chi connectivity index (χ1n) is 5.11. The number of aryl methyl sites for hydroxylation is 1. The summed E-state index contributed by atoms with van der Waals surface area (Å²) in [7, 11) is 0. The lowest BCUT2D eigenvalue weighted by molar-refractivity contribution is 0.456. The summed E-state index contributed by atoms with van der Waals surface area (Å²) in [6, 6.07) is 7.20. The van der Waals surface area contributed by atoms with Crippen LogP contribution in [0, 0.1) is 13.8 Å². The number of hydrogen-bond donors (Lipinski definition) is 1. The molecule has 1 heterocycles. The first-order valence-corrected chi connectivity index (χ1v) is 5.49. The molecule has 0 unspecified atom stereocenters. The second-order valence-corrected chi connectivity index (χ2v) is 4.03. The van der Waals surface area contributed by atoms with Crippen LogP contribution in [0.25, 0.3) is 0 Å². The maximum absolute atomic E-state index is 6.01. The Morgan fingerprint density at radius 1 is 1.18 bits per heavy atom. The van der Waals surface area contributed by atoms with Crippen molar-refractivity contribution in [1.29, 1.82) is 0 Å². The molecule has 2 aromatic rings. The Hall–Kier alpha value is -1.81. The van der Waals surface area contributed by atoms with Crippen LogP contribution in [0.4, 0.5) is 5.82 Å². The van der Waals surface area contributed by atoms with Crippen molar-refractivity contribution in [1.82, 2.24) is 9.97 Å². The molecule has 0 saturated heterocycles. The summed E-state index contributed by atoms with van der Waals surface area (Å²) < 4.78 is 5.64. The maximum Gasteiger partial charge on any atom is 0.227 e. The third kappa shape index (κ3) is 2.47. The van der Waals surface area contributed by atoms with Crippen LogP contribution in [0.15, 0.2) is 24.3 Å². The Kier molecular flexibility index (Phi) is 3.15. The van der Waals surface area contributed by atoms with Gasteiger partial charge in [-0.2, -0.15) is 4.98 Å². The number of hydrogen-bond acceptors (Lipinski definition) is 4. The third-order valence-electron chi connectivity index (χ3n) is 2.29. The van der Waals surface area contributed by atoms with Crippen molar-refractivity contribution in [2.75, 3.05) is 5.73 Å². The molecule has 0 amide bonds. The van der Waals surface area contributed by atoms with Crippen LogP contribution in [0.5, 0.6) is 11.6 Å². The number of para-hydroxylation sites is 1. The first kappa shape index (κ1) is 11.7. The highest BCUT2D eigenvalue weighted by Crippen LogP contribution is 2.30. The van der Waals surface area contributed by atoms with E-state index in [1.54, 1.807) is 26.0 Å². The summed E-state index contributed by atoms with van der Waals surface area (Å²) in [6.45, 7) is 3.57. The second-order valence-electron chi connectivity index (χ2n) is 3.62. The molecule has 17 heavy (non-hydrogen) atoms. The van der Waals surface area contributed by atoms with Gasteiger partial charge in [-0.3, -0.25) is 0 Å². The fourth-order valence-electron chi connectivity index (χ4n) is 1.35. The van der Waals surface area contributed by atoms with E-state index < -0.39 is 0 Å². The predicted octanol–water partition coefficient (Wildman–Crippen LogP) is 3.12. The number of nitrogen functional groups attached to an aromatic ring is 1. The summed E-state index contributed by atoms with van der Waals surface area (Å²) in [5, 5.41) is 0.529. The fraction of sp³-hybridized carbons (Fsp3) is 0.167. The molecule has 0 bridgehead atoms. The van der Waals surface area contributed by atoms with Crippen LogP contribution in [-0.4, -0.2) is 9.97 Å². The zero-order valence-electron chi connectivity index (χ0n) is 9.57. The number of benzene rings is 1. The van der Waals surface area contributed by atoms with E-state index in [1.165, 1.54) is 0 Å². The van der Waals surface area contributed by atoms with Gasteiger partial charge in [0.2, 0.25) is 5.88 Å². The molecule has 0 atom stereocenters. The number of nitrogens with two attached hydrogens (primary N) is 1. The largest absolute Gasteiger partial charge is 0.437 e. The van der Waals surface area contributed by atoms with Crippen molar-refractivity contribution in [3.63, 3.8) is 0 Å². The normalized spacial score (nSPS) is 10.3. The van der Waals surface area contributed by atoms with Crippen LogP contribution in [0.3, 0.4) is 0 Å². The lowest BCUT2D eigenvalue weighted by Crippen LogP contribution is -2.02. The summed E-state index contributed by atoms with van der Waals surface area (Å²) >= 11 is 6.01. The molecule has 0 aliphatic rings. The first-order chi connectivity index (χ1) is 8.08. The van der Waals surface area contributed by atoms with Crippen LogP contribution in [0.2, 0.25) is 5.02 Å². The molecule has 1 aromatic heterocycles. The van der Waals surface area contributed by atoms with Crippen LogP contribution < -0.4 is 10.5 Å². The molecule has 2 rings (SSSR count). The average Bonchev–Trinajstić information content (AvgIpc) is 2.28. The molecular formula is C12H12ClN3O. The second kappa shape index (κ2) is 4.59. The summed E-state index contributed by atoms with van der Waals surface area (Å²) in [6.07, 6.45) is 0. The average molecular weight is 250 g/mol. The van der Waals surface area contributed by atoms with E-state index in [-0.39, 0.29) is 0 Å². The van der Waals surface area contributed by atoms with Crippen LogP contribution >= 0.6 is 11.6 Å². The van der Waals surface area contributed by atoms with E-state index >= 15 is 0 Å². The highest BCUT2D eigenvalue weighted by molar-refractivity contribution is 6.32. The molecule has 0 spiro atoms. The predicted molar refractivity (Wildman–Crippen MR) is 67.4 cm³/mol. The van der Waals surface area contributed by atoms with Gasteiger partial charge in [-0.15, -0.1) is 0 Å². The van der Waals surface area contributed by atoms with Gasteiger partial charge in [0, 0.05) is 0 Å². The number of halogens is 1. The number of aromatic nitrogens is 2. The minimum atomic E-state index is 0.416. The molecule has 0 fully saturated rings. The van der Waals surface area contributed by atoms with Crippen molar-refractivity contribution >= 4 is 17.4 Å². The Morgan fingerprint density at radius 2 is 1.88 bits per heavy atom. The standard InChI is InChI=1S/C12H12ClN3O/c1-7-11(14)15-8(2)16-12(7)17-10-6-4-3-5-9(10)13/h3-6H,1-2H3,(H2,14,15,16). The lowest BCUT2D eigenvalue weighted by Gasteiger charge is -2.10. The van der Waals surface area contributed by atoms with E-state index in [2.05, 4.69) is 9.97 Å².